The highest BCUT2D eigenvalue weighted by atomic mass is 79.9. The highest BCUT2D eigenvalue weighted by Gasteiger charge is 2.44. The number of hydrogen-bond acceptors (Lipinski definition) is 4. The Bertz CT molecular complexity index is 261. The monoisotopic (exact) mass is 281 g/mol. The molecule has 0 aliphatic rings. The molecule has 0 fully saturated rings. The average molecular weight is 282 g/mol. The van der Waals surface area contributed by atoms with Crippen LogP contribution < -0.4 is 5.73 Å². The first kappa shape index (κ1) is 14.4. The van der Waals surface area contributed by atoms with Crippen LogP contribution in [0.25, 0.3) is 0 Å². The number of aliphatic carboxylic acids is 1. The summed E-state index contributed by atoms with van der Waals surface area (Å²) in [5.74, 6) is -2.29. The standard InChI is InChI=1S/C9H16BrNO4/c1-8(2,3)15-7(14)9(11,4-5-10)6(12)13/h4-5,11H2,1-3H3,(H,12,13)/t9-/m0/s1. The first-order valence-corrected chi connectivity index (χ1v) is 5.57. The second-order valence-corrected chi connectivity index (χ2v) is 5.01. The van der Waals surface area contributed by atoms with E-state index in [2.05, 4.69) is 15.9 Å². The topological polar surface area (TPSA) is 89.6 Å². The van der Waals surface area contributed by atoms with E-state index in [4.69, 9.17) is 15.6 Å². The second kappa shape index (κ2) is 4.94. The van der Waals surface area contributed by atoms with Crippen molar-refractivity contribution < 1.29 is 19.4 Å². The summed E-state index contributed by atoms with van der Waals surface area (Å²) in [5.41, 5.74) is 2.78. The minimum absolute atomic E-state index is 0.0166. The normalized spacial score (nSPS) is 15.5. The molecule has 0 spiro atoms. The van der Waals surface area contributed by atoms with Crippen molar-refractivity contribution in [1.82, 2.24) is 0 Å². The van der Waals surface area contributed by atoms with Crippen molar-refractivity contribution in [3.63, 3.8) is 0 Å². The van der Waals surface area contributed by atoms with E-state index in [0.29, 0.717) is 5.33 Å². The molecule has 0 unspecified atom stereocenters. The lowest BCUT2D eigenvalue weighted by Crippen LogP contribution is -2.57. The maximum absolute atomic E-state index is 11.6. The molecule has 0 amide bonds. The largest absolute Gasteiger partial charge is 0.479 e. The molecule has 0 heterocycles. The summed E-state index contributed by atoms with van der Waals surface area (Å²) in [6.45, 7) is 4.96. The zero-order valence-corrected chi connectivity index (χ0v) is 10.6. The van der Waals surface area contributed by atoms with Gasteiger partial charge in [0, 0.05) is 5.33 Å². The average Bonchev–Trinajstić information content (AvgIpc) is 2.00. The molecule has 6 heteroatoms. The lowest BCUT2D eigenvalue weighted by atomic mass is 9.98. The zero-order chi connectivity index (χ0) is 12.3. The molecule has 15 heavy (non-hydrogen) atoms. The molecule has 0 rings (SSSR count). The van der Waals surface area contributed by atoms with Gasteiger partial charge < -0.3 is 15.6 Å². The molecule has 0 aromatic rings. The fourth-order valence-electron chi connectivity index (χ4n) is 0.815. The van der Waals surface area contributed by atoms with Gasteiger partial charge in [0.1, 0.15) is 5.60 Å². The molecule has 5 nitrogen and oxygen atoms in total. The highest BCUT2D eigenvalue weighted by molar-refractivity contribution is 9.09. The molecule has 0 aromatic carbocycles. The zero-order valence-electron chi connectivity index (χ0n) is 9.04. The van der Waals surface area contributed by atoms with Crippen LogP contribution in [0.5, 0.6) is 0 Å². The van der Waals surface area contributed by atoms with Gasteiger partial charge in [0.25, 0.3) is 0 Å². The SMILES string of the molecule is CC(C)(C)OC(=O)[C@](N)(CCBr)C(=O)O. The minimum Gasteiger partial charge on any atom is -0.479 e. The van der Waals surface area contributed by atoms with Crippen molar-refractivity contribution in [3.8, 4) is 0 Å². The van der Waals surface area contributed by atoms with E-state index in [-0.39, 0.29) is 6.42 Å². The van der Waals surface area contributed by atoms with Gasteiger partial charge in [-0.15, -0.1) is 0 Å². The summed E-state index contributed by atoms with van der Waals surface area (Å²) in [5, 5.41) is 9.20. The summed E-state index contributed by atoms with van der Waals surface area (Å²) >= 11 is 3.05. The third-order valence-corrected chi connectivity index (χ3v) is 2.03. The van der Waals surface area contributed by atoms with Gasteiger partial charge in [-0.3, -0.25) is 0 Å². The number of esters is 1. The molecule has 0 radical (unpaired) electrons. The fraction of sp³-hybridized carbons (Fsp3) is 0.778. The third-order valence-electron chi connectivity index (χ3n) is 1.63. The molecule has 0 saturated heterocycles. The smallest absolute Gasteiger partial charge is 0.338 e. The van der Waals surface area contributed by atoms with E-state index in [1.165, 1.54) is 0 Å². The maximum atomic E-state index is 11.6. The number of carbonyl (C=O) groups is 2. The molecular weight excluding hydrogens is 266 g/mol. The minimum atomic E-state index is -1.98. The van der Waals surface area contributed by atoms with E-state index >= 15 is 0 Å². The predicted octanol–water partition coefficient (Wildman–Crippen LogP) is 0.895. The number of ether oxygens (including phenoxy) is 1. The van der Waals surface area contributed by atoms with Gasteiger partial charge in [0.15, 0.2) is 0 Å². The van der Waals surface area contributed by atoms with Gasteiger partial charge in [-0.1, -0.05) is 15.9 Å². The quantitative estimate of drug-likeness (QED) is 0.454. The van der Waals surface area contributed by atoms with Gasteiger partial charge in [0.05, 0.1) is 0 Å². The number of halogens is 1. The van der Waals surface area contributed by atoms with Crippen LogP contribution in [0.1, 0.15) is 27.2 Å². The number of hydrogen-bond donors (Lipinski definition) is 2. The van der Waals surface area contributed by atoms with Crippen LogP contribution >= 0.6 is 15.9 Å². The van der Waals surface area contributed by atoms with Crippen LogP contribution in [0.2, 0.25) is 0 Å². The third kappa shape index (κ3) is 4.17. The number of rotatable bonds is 4. The molecule has 0 saturated carbocycles. The Labute approximate surface area is 97.1 Å². The molecule has 1 atom stereocenters. The molecule has 0 aromatic heterocycles. The second-order valence-electron chi connectivity index (χ2n) is 4.22. The first-order chi connectivity index (χ1) is 6.63. The summed E-state index contributed by atoms with van der Waals surface area (Å²) in [4.78, 5) is 22.5. The Morgan fingerprint density at radius 2 is 1.87 bits per heavy atom. The van der Waals surface area contributed by atoms with Crippen molar-refractivity contribution in [2.45, 2.75) is 38.3 Å². The lowest BCUT2D eigenvalue weighted by Gasteiger charge is -2.27. The summed E-state index contributed by atoms with van der Waals surface area (Å²) in [6, 6.07) is 0. The number of alkyl halides is 1. The van der Waals surface area contributed by atoms with Crippen molar-refractivity contribution >= 4 is 27.9 Å². The molecular formula is C9H16BrNO4. The van der Waals surface area contributed by atoms with E-state index < -0.39 is 23.1 Å². The van der Waals surface area contributed by atoms with Gasteiger partial charge >= 0.3 is 11.9 Å². The van der Waals surface area contributed by atoms with E-state index in [1.54, 1.807) is 20.8 Å². The molecule has 88 valence electrons. The Kier molecular flexibility index (Phi) is 4.73. The van der Waals surface area contributed by atoms with Crippen LogP contribution in [0, 0.1) is 0 Å². The van der Waals surface area contributed by atoms with E-state index in [9.17, 15) is 9.59 Å². The van der Waals surface area contributed by atoms with Crippen molar-refractivity contribution in [3.05, 3.63) is 0 Å². The Balaban J connectivity index is 4.79. The number of carboxylic acid groups (broad SMARTS) is 1. The van der Waals surface area contributed by atoms with Crippen LogP contribution in [0.4, 0.5) is 0 Å². The van der Waals surface area contributed by atoms with Crippen LogP contribution in [0.15, 0.2) is 0 Å². The van der Waals surface area contributed by atoms with Gasteiger partial charge in [-0.05, 0) is 27.2 Å². The maximum Gasteiger partial charge on any atom is 0.338 e. The number of carbonyl (C=O) groups excluding carboxylic acids is 1. The Morgan fingerprint density at radius 3 is 2.13 bits per heavy atom. The van der Waals surface area contributed by atoms with Gasteiger partial charge in [0.2, 0.25) is 5.54 Å². The summed E-state index contributed by atoms with van der Waals surface area (Å²) in [7, 11) is 0. The van der Waals surface area contributed by atoms with Crippen molar-refractivity contribution in [1.29, 1.82) is 0 Å². The number of carboxylic acids is 1. The highest BCUT2D eigenvalue weighted by Crippen LogP contribution is 2.17. The van der Waals surface area contributed by atoms with E-state index in [1.807, 2.05) is 0 Å². The van der Waals surface area contributed by atoms with Crippen molar-refractivity contribution in [2.75, 3.05) is 5.33 Å². The summed E-state index contributed by atoms with van der Waals surface area (Å²) < 4.78 is 4.95. The predicted molar refractivity (Wildman–Crippen MR) is 58.8 cm³/mol. The molecule has 0 aliphatic carbocycles. The Hall–Kier alpha value is -0.620. The number of nitrogens with two attached hydrogens (primary N) is 1. The van der Waals surface area contributed by atoms with Crippen molar-refractivity contribution in [2.24, 2.45) is 5.73 Å². The fourth-order valence-corrected chi connectivity index (χ4v) is 1.44. The van der Waals surface area contributed by atoms with Crippen LogP contribution in [0.3, 0.4) is 0 Å². The molecule has 0 bridgehead atoms. The Morgan fingerprint density at radius 1 is 1.40 bits per heavy atom. The summed E-state index contributed by atoms with van der Waals surface area (Å²) in [6.07, 6.45) is -0.0166. The van der Waals surface area contributed by atoms with E-state index in [0.717, 1.165) is 0 Å². The van der Waals surface area contributed by atoms with Gasteiger partial charge in [-0.2, -0.15) is 0 Å². The molecule has 0 aliphatic heterocycles. The lowest BCUT2D eigenvalue weighted by molar-refractivity contribution is -0.169. The first-order valence-electron chi connectivity index (χ1n) is 4.45. The van der Waals surface area contributed by atoms with Gasteiger partial charge in [-0.25, -0.2) is 9.59 Å². The van der Waals surface area contributed by atoms with Crippen LogP contribution in [-0.4, -0.2) is 33.5 Å². The van der Waals surface area contributed by atoms with Crippen LogP contribution in [-0.2, 0) is 14.3 Å². The molecule has 3 N–H and O–H groups in total.